The largest absolute Gasteiger partial charge is 0.399 e. The van der Waals surface area contributed by atoms with E-state index in [2.05, 4.69) is 28.1 Å². The van der Waals surface area contributed by atoms with Crippen molar-refractivity contribution in [1.29, 1.82) is 0 Å². The highest BCUT2D eigenvalue weighted by Crippen LogP contribution is 2.31. The number of hydrogen-bond acceptors (Lipinski definition) is 5. The average molecular weight is 554 g/mol. The first-order valence-electron chi connectivity index (χ1n) is 14.4. The van der Waals surface area contributed by atoms with E-state index < -0.39 is 18.1 Å². The van der Waals surface area contributed by atoms with Gasteiger partial charge in [-0.2, -0.15) is 0 Å². The van der Waals surface area contributed by atoms with Crippen molar-refractivity contribution in [3.05, 3.63) is 101 Å². The van der Waals surface area contributed by atoms with E-state index in [0.717, 1.165) is 41.5 Å². The van der Waals surface area contributed by atoms with Gasteiger partial charge in [-0.1, -0.05) is 60.7 Å². The Bertz CT molecular complexity index is 1410. The lowest BCUT2D eigenvalue weighted by molar-refractivity contribution is -0.145. The minimum Gasteiger partial charge on any atom is -0.399 e. The Morgan fingerprint density at radius 2 is 1.63 bits per heavy atom. The molecule has 0 spiro atoms. The number of anilines is 1. The van der Waals surface area contributed by atoms with Crippen molar-refractivity contribution in [2.75, 3.05) is 12.8 Å². The number of amides is 3. The van der Waals surface area contributed by atoms with Crippen LogP contribution in [0.2, 0.25) is 0 Å². The molecule has 3 aromatic carbocycles. The third-order valence-electron chi connectivity index (χ3n) is 8.38. The summed E-state index contributed by atoms with van der Waals surface area (Å²) in [5, 5.41) is 9.17. The van der Waals surface area contributed by atoms with Gasteiger partial charge in [0.05, 0.1) is 12.1 Å². The molecule has 0 saturated carbocycles. The van der Waals surface area contributed by atoms with Gasteiger partial charge in [0.1, 0.15) is 12.1 Å². The minimum absolute atomic E-state index is 0.0941. The minimum atomic E-state index is -0.849. The Hall–Kier alpha value is -4.17. The highest BCUT2D eigenvalue weighted by Gasteiger charge is 2.39. The number of nitrogens with two attached hydrogens (primary N) is 1. The van der Waals surface area contributed by atoms with Gasteiger partial charge in [0.15, 0.2) is 0 Å². The van der Waals surface area contributed by atoms with Crippen molar-refractivity contribution in [1.82, 2.24) is 20.9 Å². The van der Waals surface area contributed by atoms with Crippen LogP contribution in [0.25, 0.3) is 0 Å². The quantitative estimate of drug-likeness (QED) is 0.320. The summed E-state index contributed by atoms with van der Waals surface area (Å²) in [5.41, 5.74) is 11.8. The zero-order chi connectivity index (χ0) is 28.9. The van der Waals surface area contributed by atoms with E-state index in [1.807, 2.05) is 48.5 Å². The van der Waals surface area contributed by atoms with Gasteiger partial charge in [-0.3, -0.25) is 14.4 Å². The van der Waals surface area contributed by atoms with Crippen LogP contribution in [0.3, 0.4) is 0 Å². The second-order valence-electron chi connectivity index (χ2n) is 11.1. The van der Waals surface area contributed by atoms with Crippen LogP contribution in [0.15, 0.2) is 72.8 Å². The maximum Gasteiger partial charge on any atom is 0.246 e. The van der Waals surface area contributed by atoms with Crippen LogP contribution in [-0.2, 0) is 40.2 Å². The van der Waals surface area contributed by atoms with Gasteiger partial charge in [0, 0.05) is 25.1 Å². The molecule has 8 nitrogen and oxygen atoms in total. The van der Waals surface area contributed by atoms with Gasteiger partial charge in [0.25, 0.3) is 0 Å². The second kappa shape index (κ2) is 12.6. The van der Waals surface area contributed by atoms with Crippen LogP contribution < -0.4 is 21.7 Å². The van der Waals surface area contributed by atoms with Crippen LogP contribution in [0.1, 0.15) is 53.6 Å². The molecule has 5 rings (SSSR count). The molecule has 4 atom stereocenters. The number of carbonyl (C=O) groups excluding carboxylic acids is 3. The molecule has 1 aliphatic carbocycles. The van der Waals surface area contributed by atoms with Gasteiger partial charge in [-0.05, 0) is 73.2 Å². The standard InChI is InChI=1S/C33H39N5O3/c1-21(35-2)31(39)37-29(18-22-14-16-26(34)17-15-22)33(41)38-20-25-10-4-3-9-24(25)19-30(38)32(40)36-28-13-7-11-23-8-5-6-12-27(23)28/h3-6,8-10,12,14-17,21,28-30,35H,7,11,13,18-20,34H2,1-2H3,(H,36,40)(H,37,39). The fraction of sp³-hybridized carbons (Fsp3) is 0.364. The van der Waals surface area contributed by atoms with Crippen LogP contribution >= 0.6 is 0 Å². The van der Waals surface area contributed by atoms with Crippen LogP contribution in [0.4, 0.5) is 5.69 Å². The Morgan fingerprint density at radius 3 is 2.37 bits per heavy atom. The summed E-state index contributed by atoms with van der Waals surface area (Å²) in [7, 11) is 1.70. The van der Waals surface area contributed by atoms with Crippen molar-refractivity contribution >= 4 is 23.4 Å². The number of rotatable bonds is 8. The van der Waals surface area contributed by atoms with E-state index in [1.54, 1.807) is 31.0 Å². The van der Waals surface area contributed by atoms with E-state index >= 15 is 0 Å². The first-order valence-corrected chi connectivity index (χ1v) is 14.4. The number of fused-ring (bicyclic) bond motifs is 2. The zero-order valence-corrected chi connectivity index (χ0v) is 23.7. The van der Waals surface area contributed by atoms with Gasteiger partial charge < -0.3 is 26.6 Å². The number of aryl methyl sites for hydroxylation is 1. The molecule has 1 heterocycles. The lowest BCUT2D eigenvalue weighted by atomic mass is 9.87. The van der Waals surface area contributed by atoms with Crippen molar-refractivity contribution in [3.63, 3.8) is 0 Å². The molecule has 0 fully saturated rings. The lowest BCUT2D eigenvalue weighted by Gasteiger charge is -2.39. The lowest BCUT2D eigenvalue weighted by Crippen LogP contribution is -2.59. The number of nitrogens with zero attached hydrogens (tertiary/aromatic N) is 1. The number of nitrogen functional groups attached to an aromatic ring is 1. The van der Waals surface area contributed by atoms with E-state index in [1.165, 1.54) is 5.56 Å². The molecule has 0 bridgehead atoms. The molecule has 5 N–H and O–H groups in total. The number of hydrogen-bond donors (Lipinski definition) is 4. The molecule has 0 aromatic heterocycles. The molecule has 41 heavy (non-hydrogen) atoms. The molecule has 8 heteroatoms. The normalized spacial score (nSPS) is 19.3. The molecule has 2 aliphatic rings. The first-order chi connectivity index (χ1) is 19.8. The molecule has 1 aliphatic heterocycles. The van der Waals surface area contributed by atoms with Crippen molar-refractivity contribution in [2.24, 2.45) is 0 Å². The maximum absolute atomic E-state index is 14.3. The van der Waals surface area contributed by atoms with Crippen LogP contribution in [0.5, 0.6) is 0 Å². The van der Waals surface area contributed by atoms with Gasteiger partial charge >= 0.3 is 0 Å². The van der Waals surface area contributed by atoms with E-state index in [-0.39, 0.29) is 30.2 Å². The number of nitrogens with one attached hydrogen (secondary N) is 3. The monoisotopic (exact) mass is 553 g/mol. The summed E-state index contributed by atoms with van der Waals surface area (Å²) in [6, 6.07) is 21.3. The number of likely N-dealkylation sites (N-methyl/N-ethyl adjacent to an activating group) is 1. The number of benzene rings is 3. The van der Waals surface area contributed by atoms with Crippen LogP contribution in [0, 0.1) is 0 Å². The van der Waals surface area contributed by atoms with E-state index in [4.69, 9.17) is 5.73 Å². The van der Waals surface area contributed by atoms with Gasteiger partial charge in [-0.25, -0.2) is 0 Å². The Labute approximate surface area is 241 Å². The molecule has 4 unspecified atom stereocenters. The molecule has 0 saturated heterocycles. The molecular formula is C33H39N5O3. The SMILES string of the molecule is CNC(C)C(=O)NC(Cc1ccc(N)cc1)C(=O)N1Cc2ccccc2CC1C(=O)NC1CCCc2ccccc21. The third kappa shape index (κ3) is 6.43. The molecular weight excluding hydrogens is 514 g/mol. The first kappa shape index (κ1) is 28.4. The topological polar surface area (TPSA) is 117 Å². The Morgan fingerprint density at radius 1 is 0.951 bits per heavy atom. The molecule has 3 aromatic rings. The number of carbonyl (C=O) groups is 3. The summed E-state index contributed by atoms with van der Waals surface area (Å²) >= 11 is 0. The van der Waals surface area contributed by atoms with E-state index in [0.29, 0.717) is 18.7 Å². The fourth-order valence-corrected chi connectivity index (χ4v) is 5.88. The smallest absolute Gasteiger partial charge is 0.246 e. The third-order valence-corrected chi connectivity index (χ3v) is 8.38. The Balaban J connectivity index is 1.44. The second-order valence-corrected chi connectivity index (χ2v) is 11.1. The van der Waals surface area contributed by atoms with Crippen molar-refractivity contribution < 1.29 is 14.4 Å². The summed E-state index contributed by atoms with van der Waals surface area (Å²) < 4.78 is 0. The van der Waals surface area contributed by atoms with Crippen LogP contribution in [-0.4, -0.2) is 47.8 Å². The molecule has 0 radical (unpaired) electrons. The maximum atomic E-state index is 14.3. The molecule has 214 valence electrons. The predicted octanol–water partition coefficient (Wildman–Crippen LogP) is 3.05. The summed E-state index contributed by atoms with van der Waals surface area (Å²) in [6.07, 6.45) is 3.55. The van der Waals surface area contributed by atoms with E-state index in [9.17, 15) is 14.4 Å². The molecule has 3 amide bonds. The Kier molecular flexibility index (Phi) is 8.69. The average Bonchev–Trinajstić information content (AvgIpc) is 3.00. The summed E-state index contributed by atoms with van der Waals surface area (Å²) in [5.74, 6) is -0.730. The predicted molar refractivity (Wildman–Crippen MR) is 160 cm³/mol. The highest BCUT2D eigenvalue weighted by molar-refractivity contribution is 5.94. The highest BCUT2D eigenvalue weighted by atomic mass is 16.2. The van der Waals surface area contributed by atoms with Gasteiger partial charge in [-0.15, -0.1) is 0 Å². The van der Waals surface area contributed by atoms with Crippen molar-refractivity contribution in [3.8, 4) is 0 Å². The van der Waals surface area contributed by atoms with Gasteiger partial charge in [0.2, 0.25) is 17.7 Å². The summed E-state index contributed by atoms with van der Waals surface area (Å²) in [4.78, 5) is 42.9. The zero-order valence-electron chi connectivity index (χ0n) is 23.7. The van der Waals surface area contributed by atoms with Crippen molar-refractivity contribution in [2.45, 2.75) is 69.7 Å². The summed E-state index contributed by atoms with van der Waals surface area (Å²) in [6.45, 7) is 2.04. The fourth-order valence-electron chi connectivity index (χ4n) is 5.88.